The Kier molecular flexibility index (Phi) is 110. The predicted molar refractivity (Wildman–Crippen MR) is 136 cm³/mol. The van der Waals surface area contributed by atoms with Crippen molar-refractivity contribution in [2.75, 3.05) is 27.9 Å². The van der Waals surface area contributed by atoms with E-state index in [-0.39, 0.29) is 11.9 Å². The van der Waals surface area contributed by atoms with Gasteiger partial charge in [-0.25, -0.2) is 0 Å². The molecule has 30 heavy (non-hydrogen) atoms. The van der Waals surface area contributed by atoms with Crippen molar-refractivity contribution < 1.29 is 19.1 Å². The molecule has 5 nitrogen and oxygen atoms in total. The van der Waals surface area contributed by atoms with E-state index in [1.807, 2.05) is 72.8 Å². The van der Waals surface area contributed by atoms with Crippen LogP contribution < -0.4 is 5.32 Å². The summed E-state index contributed by atoms with van der Waals surface area (Å²) in [5.41, 5.74) is 0. The van der Waals surface area contributed by atoms with Gasteiger partial charge in [-0.1, -0.05) is 51.0 Å². The fourth-order valence-electron chi connectivity index (χ4n) is 0. The second kappa shape index (κ2) is 71.3. The lowest BCUT2D eigenvalue weighted by Crippen LogP contribution is -2.11. The molecule has 0 saturated carbocycles. The number of ether oxygens (including phenoxy) is 2. The summed E-state index contributed by atoms with van der Waals surface area (Å²) in [5, 5.41) is 2.39. The highest BCUT2D eigenvalue weighted by molar-refractivity contribution is 5.72. The number of esters is 1. The first-order valence-electron chi connectivity index (χ1n) is 10.3. The van der Waals surface area contributed by atoms with Gasteiger partial charge < -0.3 is 14.8 Å². The van der Waals surface area contributed by atoms with E-state index in [1.54, 1.807) is 14.2 Å². The number of rotatable bonds is 2. The van der Waals surface area contributed by atoms with Gasteiger partial charge in [0.05, 0.1) is 7.11 Å². The van der Waals surface area contributed by atoms with Gasteiger partial charge in [-0.15, -0.1) is 11.8 Å². The Hall–Kier alpha value is -2.06. The molecule has 0 fully saturated rings. The van der Waals surface area contributed by atoms with E-state index in [2.05, 4.69) is 40.5 Å². The highest BCUT2D eigenvalue weighted by Crippen LogP contribution is 1.76. The van der Waals surface area contributed by atoms with Crippen molar-refractivity contribution in [3.8, 4) is 11.8 Å². The lowest BCUT2D eigenvalue weighted by Gasteiger charge is -1.80. The molecule has 0 aliphatic heterocycles. The third-order valence-corrected chi connectivity index (χ3v) is 2.34. The second-order valence-electron chi connectivity index (χ2n) is 4.91. The number of amides is 1. The number of methoxy groups -OCH3 is 2. The predicted octanol–water partition coefficient (Wildman–Crippen LogP) is 6.59. The van der Waals surface area contributed by atoms with Crippen molar-refractivity contribution >= 4 is 11.9 Å². The summed E-state index contributed by atoms with van der Waals surface area (Å²) in [7, 11) is 4.63. The molecule has 0 bridgehead atoms. The molecule has 0 aromatic carbocycles. The van der Waals surface area contributed by atoms with Crippen LogP contribution in [0.1, 0.15) is 89.0 Å². The maximum Gasteiger partial charge on any atom is 0.302 e. The van der Waals surface area contributed by atoms with Gasteiger partial charge in [0.25, 0.3) is 0 Å². The van der Waals surface area contributed by atoms with Crippen LogP contribution in [-0.2, 0) is 19.1 Å². The zero-order chi connectivity index (χ0) is 25.6. The Labute approximate surface area is 189 Å². The van der Waals surface area contributed by atoms with Gasteiger partial charge in [0.15, 0.2) is 0 Å². The fraction of sp³-hybridized carbons (Fsp3) is 0.680. The molecule has 0 aromatic rings. The molecule has 0 saturated heterocycles. The van der Waals surface area contributed by atoms with Crippen molar-refractivity contribution in [3.63, 3.8) is 0 Å². The molecule has 5 heteroatoms. The van der Waals surface area contributed by atoms with Crippen LogP contribution in [0.5, 0.6) is 0 Å². The minimum atomic E-state index is -0.245. The van der Waals surface area contributed by atoms with Gasteiger partial charge in [-0.05, 0) is 48.5 Å². The highest BCUT2D eigenvalue weighted by Gasteiger charge is 1.75. The summed E-state index contributed by atoms with van der Waals surface area (Å²) < 4.78 is 8.65. The zero-order valence-corrected chi connectivity index (χ0v) is 22.6. The van der Waals surface area contributed by atoms with Gasteiger partial charge in [-0.2, -0.15) is 0 Å². The molecule has 1 N–H and O–H groups in total. The van der Waals surface area contributed by atoms with Gasteiger partial charge in [0.1, 0.15) is 0 Å². The van der Waals surface area contributed by atoms with Crippen LogP contribution in [0.15, 0.2) is 24.3 Å². The van der Waals surface area contributed by atoms with Crippen molar-refractivity contribution in [3.05, 3.63) is 24.3 Å². The summed E-state index contributed by atoms with van der Waals surface area (Å²) >= 11 is 0. The molecule has 0 radical (unpaired) electrons. The molecule has 182 valence electrons. The van der Waals surface area contributed by atoms with Crippen molar-refractivity contribution in [2.24, 2.45) is 0 Å². The number of allylic oxidation sites excluding steroid dienone is 4. The fourth-order valence-corrected chi connectivity index (χ4v) is 0. The van der Waals surface area contributed by atoms with Crippen LogP contribution in [0.2, 0.25) is 0 Å². The van der Waals surface area contributed by atoms with Crippen LogP contribution in [0.4, 0.5) is 0 Å². The topological polar surface area (TPSA) is 64.6 Å². The third kappa shape index (κ3) is 335. The minimum absolute atomic E-state index is 0.00463. The molecule has 0 aliphatic carbocycles. The van der Waals surface area contributed by atoms with Gasteiger partial charge in [0.2, 0.25) is 5.91 Å². The Morgan fingerprint density at radius 2 is 1.00 bits per heavy atom. The van der Waals surface area contributed by atoms with Crippen LogP contribution in [0.3, 0.4) is 0 Å². The molecule has 1 amide bonds. The molecular formula is C25H53NO4. The first-order valence-corrected chi connectivity index (χ1v) is 10.3. The number of carbonyl (C=O) groups is 2. The van der Waals surface area contributed by atoms with Crippen LogP contribution in [0.25, 0.3) is 0 Å². The number of nitrogens with one attached hydrogen (secondary N) is 1. The summed E-state index contributed by atoms with van der Waals surface area (Å²) in [6.45, 7) is 21.6. The monoisotopic (exact) mass is 431 g/mol. The molecule has 0 unspecified atom stereocenters. The zero-order valence-electron chi connectivity index (χ0n) is 22.6. The third-order valence-electron chi connectivity index (χ3n) is 2.34. The minimum Gasteiger partial charge on any atom is -0.469 e. The average molecular weight is 432 g/mol. The summed E-state index contributed by atoms with van der Waals surface area (Å²) in [6.07, 6.45) is 10.6. The van der Waals surface area contributed by atoms with Gasteiger partial charge in [0, 0.05) is 34.6 Å². The molecule has 0 aliphatic rings. The van der Waals surface area contributed by atoms with Crippen LogP contribution in [-0.4, -0.2) is 39.8 Å². The van der Waals surface area contributed by atoms with E-state index in [9.17, 15) is 9.59 Å². The van der Waals surface area contributed by atoms with E-state index in [0.29, 0.717) is 0 Å². The highest BCUT2D eigenvalue weighted by atomic mass is 16.5. The Bertz CT molecular complexity index is 332. The molecule has 0 rings (SSSR count). The lowest BCUT2D eigenvalue weighted by molar-refractivity contribution is -0.137. The SMILES string of the molecule is CC#CC.CC=CC.CC=CC.CCCC.CCOC.CNC(C)=O.COC(C)=O. The van der Waals surface area contributed by atoms with Crippen molar-refractivity contribution in [2.45, 2.75) is 89.0 Å². The van der Waals surface area contributed by atoms with E-state index < -0.39 is 0 Å². The summed E-state index contributed by atoms with van der Waals surface area (Å²) in [4.78, 5) is 19.3. The molecule has 0 heterocycles. The number of hydrogen-bond donors (Lipinski definition) is 1. The molecule has 0 atom stereocenters. The van der Waals surface area contributed by atoms with E-state index in [0.717, 1.165) is 6.61 Å². The first kappa shape index (κ1) is 46.2. The maximum atomic E-state index is 9.70. The Morgan fingerprint density at radius 1 is 0.800 bits per heavy atom. The summed E-state index contributed by atoms with van der Waals surface area (Å²) in [6, 6.07) is 0. The van der Waals surface area contributed by atoms with E-state index in [4.69, 9.17) is 0 Å². The quantitative estimate of drug-likeness (QED) is 0.304. The lowest BCUT2D eigenvalue weighted by atomic mass is 10.4. The Balaban J connectivity index is -0.0000000413. The summed E-state index contributed by atoms with van der Waals surface area (Å²) in [5.74, 6) is 5.12. The van der Waals surface area contributed by atoms with Crippen molar-refractivity contribution in [1.82, 2.24) is 5.32 Å². The van der Waals surface area contributed by atoms with E-state index >= 15 is 0 Å². The van der Waals surface area contributed by atoms with Crippen LogP contribution in [0, 0.1) is 11.8 Å². The van der Waals surface area contributed by atoms with E-state index in [1.165, 1.54) is 33.8 Å². The molecule has 0 spiro atoms. The second-order valence-corrected chi connectivity index (χ2v) is 4.91. The normalized spacial score (nSPS) is 7.27. The largest absolute Gasteiger partial charge is 0.469 e. The smallest absolute Gasteiger partial charge is 0.302 e. The first-order chi connectivity index (χ1) is 14.1. The Morgan fingerprint density at radius 3 is 1.00 bits per heavy atom. The number of hydrogen-bond acceptors (Lipinski definition) is 4. The average Bonchev–Trinajstić information content (AvgIpc) is 2.79. The van der Waals surface area contributed by atoms with Crippen molar-refractivity contribution in [1.29, 1.82) is 0 Å². The van der Waals surface area contributed by atoms with Crippen LogP contribution >= 0.6 is 0 Å². The number of carbonyl (C=O) groups excluding carboxylic acids is 2. The standard InChI is InChI=1S/C4H10.2C4H8.C4H6.C3H7NO.C3H6O2.C3H8O/c4*1-3-4-2;1-3(5)4-2;1-3(4)5-2;1-3-4-2/h3-4H2,1-2H3;2*3-4H,1-2H3;1-2H3;1-2H3,(H,4,5);1-2H3;3H2,1-2H3. The molecule has 0 aromatic heterocycles. The maximum absolute atomic E-state index is 9.70. The number of unbranched alkanes of at least 4 members (excludes halogenated alkanes) is 1. The van der Waals surface area contributed by atoms with Gasteiger partial charge in [-0.3, -0.25) is 9.59 Å². The molecular weight excluding hydrogens is 378 g/mol. The van der Waals surface area contributed by atoms with Gasteiger partial charge >= 0.3 is 5.97 Å².